The van der Waals surface area contributed by atoms with Crippen molar-refractivity contribution in [3.05, 3.63) is 59.3 Å². The lowest BCUT2D eigenvalue weighted by Gasteiger charge is -2.49. The van der Waals surface area contributed by atoms with E-state index in [1.54, 1.807) is 39.0 Å². The number of methoxy groups -OCH3 is 1. The molecule has 0 aromatic rings. The summed E-state index contributed by atoms with van der Waals surface area (Å²) in [5, 5.41) is 43.5. The van der Waals surface area contributed by atoms with Gasteiger partial charge in [-0.1, -0.05) is 77.0 Å². The van der Waals surface area contributed by atoms with Crippen LogP contribution >= 0.6 is 0 Å². The molecule has 0 aromatic heterocycles. The number of carbonyl (C=O) groups is 3. The quantitative estimate of drug-likeness (QED) is 0.189. The van der Waals surface area contributed by atoms with Gasteiger partial charge in [-0.05, 0) is 45.6 Å². The number of aliphatic carboxylic acids is 1. The Labute approximate surface area is 291 Å². The van der Waals surface area contributed by atoms with Gasteiger partial charge in [-0.2, -0.15) is 0 Å². The summed E-state index contributed by atoms with van der Waals surface area (Å²) in [7, 11) is 1.48. The third-order valence-electron chi connectivity index (χ3n) is 9.91. The van der Waals surface area contributed by atoms with Crippen molar-refractivity contribution in [1.82, 2.24) is 0 Å². The van der Waals surface area contributed by atoms with Gasteiger partial charge >= 0.3 is 17.9 Å². The van der Waals surface area contributed by atoms with E-state index in [1.165, 1.54) is 7.11 Å². The molecule has 2 rings (SSSR count). The second-order valence-corrected chi connectivity index (χ2v) is 14.0. The number of aliphatic hydroxyl groups is 3. The Balaban J connectivity index is 2.48. The molecule has 0 bridgehead atoms. The SMILES string of the molecule is CC[C@H]1O[C@@](O)([C@@H](C)[C@H](O)[C@H](C)[C@H]2OC(=O)C(C)=CC(C)=C[C@@H](C)[C@@H](O)[C@@H](C)CC(C)=CC=C[C@@H]2OC)C[C@@H](OC(=O)C=CC(=O)O)[C@H]1C. The van der Waals surface area contributed by atoms with Gasteiger partial charge in [-0.3, -0.25) is 0 Å². The minimum atomic E-state index is -1.95. The number of ether oxygens (including phenoxy) is 4. The fourth-order valence-electron chi connectivity index (χ4n) is 6.79. The van der Waals surface area contributed by atoms with E-state index in [2.05, 4.69) is 0 Å². The van der Waals surface area contributed by atoms with E-state index in [0.29, 0.717) is 24.5 Å². The summed E-state index contributed by atoms with van der Waals surface area (Å²) in [6, 6.07) is 0. The molecule has 2 heterocycles. The van der Waals surface area contributed by atoms with Gasteiger partial charge < -0.3 is 39.4 Å². The van der Waals surface area contributed by atoms with Crippen LogP contribution in [0.2, 0.25) is 0 Å². The Morgan fingerprint density at radius 2 is 1.80 bits per heavy atom. The molecule has 12 atom stereocenters. The minimum Gasteiger partial charge on any atom is -0.478 e. The molecular weight excluding hydrogens is 632 g/mol. The van der Waals surface area contributed by atoms with Crippen LogP contribution in [0.1, 0.15) is 81.6 Å². The summed E-state index contributed by atoms with van der Waals surface area (Å²) in [6.45, 7) is 16.4. The van der Waals surface area contributed by atoms with E-state index >= 15 is 0 Å². The molecule has 1 saturated heterocycles. The molecule has 1 fully saturated rings. The van der Waals surface area contributed by atoms with Gasteiger partial charge in [-0.25, -0.2) is 14.4 Å². The van der Waals surface area contributed by atoms with Crippen LogP contribution in [0, 0.1) is 29.6 Å². The fourth-order valence-corrected chi connectivity index (χ4v) is 6.79. The molecule has 0 aliphatic carbocycles. The predicted octanol–water partition coefficient (Wildman–Crippen LogP) is 5.05. The zero-order valence-electron chi connectivity index (χ0n) is 30.7. The lowest BCUT2D eigenvalue weighted by molar-refractivity contribution is -0.323. The fraction of sp³-hybridized carbons (Fsp3) is 0.658. The van der Waals surface area contributed by atoms with Crippen LogP contribution in [0.4, 0.5) is 0 Å². The first-order chi connectivity index (χ1) is 22.8. The standard InChI is InChI=1S/C38H58O11/c1-11-29-26(7)31(47-33(41)16-15-32(39)40)20-38(45,49-29)28(9)35(43)27(8)36-30(46-10)14-12-13-21(2)17-23(4)34(42)24(5)18-22(3)19-25(6)37(44)48-36/h12-16,18-19,23-24,26-31,34-36,42-43,45H,11,17,20H2,1-10H3,(H,39,40)/t23-,24+,26-,27-,28-,29+,30-,31+,34-,35+,36+,38+/m0/s1. The number of esters is 2. The van der Waals surface area contributed by atoms with E-state index in [0.717, 1.165) is 17.2 Å². The summed E-state index contributed by atoms with van der Waals surface area (Å²) in [4.78, 5) is 36.8. The Kier molecular flexibility index (Phi) is 16.1. The molecular formula is C38H58O11. The van der Waals surface area contributed by atoms with Crippen LogP contribution in [0.3, 0.4) is 0 Å². The van der Waals surface area contributed by atoms with Crippen LogP contribution in [0.25, 0.3) is 0 Å². The Bertz CT molecular complexity index is 1300. The predicted molar refractivity (Wildman–Crippen MR) is 185 cm³/mol. The van der Waals surface area contributed by atoms with Crippen LogP contribution in [-0.4, -0.2) is 87.9 Å². The van der Waals surface area contributed by atoms with Gasteiger partial charge in [0.05, 0.1) is 18.3 Å². The van der Waals surface area contributed by atoms with E-state index in [4.69, 9.17) is 24.1 Å². The summed E-state index contributed by atoms with van der Waals surface area (Å²) < 4.78 is 23.6. The molecule has 0 saturated carbocycles. The number of aliphatic hydroxyl groups excluding tert-OH is 2. The van der Waals surface area contributed by atoms with E-state index in [9.17, 15) is 29.7 Å². The number of allylic oxidation sites excluding steroid dienone is 5. The molecule has 0 aromatic carbocycles. The molecule has 11 heteroatoms. The first-order valence-corrected chi connectivity index (χ1v) is 17.2. The Morgan fingerprint density at radius 3 is 2.39 bits per heavy atom. The molecule has 0 spiro atoms. The summed E-state index contributed by atoms with van der Waals surface area (Å²) >= 11 is 0. The van der Waals surface area contributed by atoms with Crippen molar-refractivity contribution in [2.24, 2.45) is 29.6 Å². The zero-order valence-corrected chi connectivity index (χ0v) is 30.7. The average Bonchev–Trinajstić information content (AvgIpc) is 3.04. The van der Waals surface area contributed by atoms with Crippen molar-refractivity contribution < 1.29 is 53.8 Å². The molecule has 49 heavy (non-hydrogen) atoms. The van der Waals surface area contributed by atoms with E-state index < -0.39 is 72.2 Å². The number of hydrogen-bond donors (Lipinski definition) is 4. The van der Waals surface area contributed by atoms with Gasteiger partial charge in [0.1, 0.15) is 18.3 Å². The van der Waals surface area contributed by atoms with Crippen LogP contribution in [0.15, 0.2) is 59.3 Å². The maximum atomic E-state index is 13.5. The van der Waals surface area contributed by atoms with E-state index in [-0.39, 0.29) is 24.2 Å². The van der Waals surface area contributed by atoms with Gasteiger partial charge in [-0.15, -0.1) is 0 Å². The van der Waals surface area contributed by atoms with Gasteiger partial charge in [0.15, 0.2) is 5.79 Å². The van der Waals surface area contributed by atoms with E-state index in [1.807, 2.05) is 53.7 Å². The number of carboxylic acid groups (broad SMARTS) is 1. The summed E-state index contributed by atoms with van der Waals surface area (Å²) in [5.41, 5.74) is 2.15. The molecule has 0 amide bonds. The second kappa shape index (κ2) is 18.8. The first kappa shape index (κ1) is 42.1. The molecule has 2 aliphatic heterocycles. The monoisotopic (exact) mass is 690 g/mol. The van der Waals surface area contributed by atoms with Crippen molar-refractivity contribution >= 4 is 17.9 Å². The van der Waals surface area contributed by atoms with Crippen molar-refractivity contribution in [2.45, 2.75) is 124 Å². The van der Waals surface area contributed by atoms with Crippen molar-refractivity contribution in [2.75, 3.05) is 7.11 Å². The van der Waals surface area contributed by atoms with Gasteiger partial charge in [0, 0.05) is 54.9 Å². The molecule has 0 unspecified atom stereocenters. The maximum Gasteiger partial charge on any atom is 0.334 e. The molecule has 0 radical (unpaired) electrons. The minimum absolute atomic E-state index is 0.0123. The van der Waals surface area contributed by atoms with Crippen LogP contribution in [-0.2, 0) is 33.3 Å². The van der Waals surface area contributed by atoms with Gasteiger partial charge in [0.2, 0.25) is 0 Å². The molecule has 4 N–H and O–H groups in total. The lowest BCUT2D eigenvalue weighted by Crippen LogP contribution is -2.58. The summed E-state index contributed by atoms with van der Waals surface area (Å²) in [5.74, 6) is -6.97. The molecule has 276 valence electrons. The third-order valence-corrected chi connectivity index (χ3v) is 9.91. The highest BCUT2D eigenvalue weighted by Gasteiger charge is 2.52. The van der Waals surface area contributed by atoms with Crippen molar-refractivity contribution in [3.8, 4) is 0 Å². The van der Waals surface area contributed by atoms with Gasteiger partial charge in [0.25, 0.3) is 0 Å². The number of carbonyl (C=O) groups excluding carboxylic acids is 2. The van der Waals surface area contributed by atoms with Crippen molar-refractivity contribution in [1.29, 1.82) is 0 Å². The van der Waals surface area contributed by atoms with Crippen LogP contribution in [0.5, 0.6) is 0 Å². The number of rotatable bonds is 9. The number of hydrogen-bond acceptors (Lipinski definition) is 10. The smallest absolute Gasteiger partial charge is 0.334 e. The third kappa shape index (κ3) is 11.7. The molecule has 11 nitrogen and oxygen atoms in total. The first-order valence-electron chi connectivity index (χ1n) is 17.2. The molecule has 2 aliphatic rings. The zero-order chi connectivity index (χ0) is 37.2. The Morgan fingerprint density at radius 1 is 1.14 bits per heavy atom. The Hall–Kier alpha value is -3.09. The largest absolute Gasteiger partial charge is 0.478 e. The van der Waals surface area contributed by atoms with Crippen LogP contribution < -0.4 is 0 Å². The normalized spacial score (nSPS) is 34.2. The lowest BCUT2D eigenvalue weighted by atomic mass is 9.77. The maximum absolute atomic E-state index is 13.5. The average molecular weight is 691 g/mol. The second-order valence-electron chi connectivity index (χ2n) is 14.0. The number of carboxylic acids is 1. The highest BCUT2D eigenvalue weighted by Crippen LogP contribution is 2.41. The topological polar surface area (TPSA) is 169 Å². The summed E-state index contributed by atoms with van der Waals surface area (Å²) in [6.07, 6.45) is 6.52. The number of cyclic esters (lactones) is 1. The highest BCUT2D eigenvalue weighted by molar-refractivity contribution is 5.90. The highest BCUT2D eigenvalue weighted by atomic mass is 16.6. The van der Waals surface area contributed by atoms with Crippen molar-refractivity contribution in [3.63, 3.8) is 0 Å².